The lowest BCUT2D eigenvalue weighted by atomic mass is 10.0. The predicted octanol–water partition coefficient (Wildman–Crippen LogP) is 12.5. The average molecular weight is 1370 g/mol. The van der Waals surface area contributed by atoms with Gasteiger partial charge in [-0.25, -0.2) is 4.79 Å². The first kappa shape index (κ1) is 85.4. The average Bonchev–Trinajstić information content (AvgIpc) is 0.879. The molecule has 6 aromatic rings. The maximum Gasteiger partial charge on any atom is 0.337 e. The minimum absolute atomic E-state index is 0.00168. The predicted molar refractivity (Wildman–Crippen MR) is 375 cm³/mol. The largest absolute Gasteiger partial charge is 0.481 e. The number of carboxylic acid groups (broad SMARTS) is 7. The fourth-order valence-corrected chi connectivity index (χ4v) is 8.50. The van der Waals surface area contributed by atoms with Crippen LogP contribution >= 0.6 is 0 Å². The molecule has 0 aromatic heterocycles. The van der Waals surface area contributed by atoms with Gasteiger partial charge >= 0.3 is 41.8 Å². The molecule has 26 nitrogen and oxygen atoms in total. The van der Waals surface area contributed by atoms with Gasteiger partial charge in [0.2, 0.25) is 35.4 Å². The molecule has 0 saturated carbocycles. The van der Waals surface area contributed by atoms with Crippen molar-refractivity contribution >= 4 is 111 Å². The van der Waals surface area contributed by atoms with Gasteiger partial charge in [0.1, 0.15) is 0 Å². The first-order valence-corrected chi connectivity index (χ1v) is 31.2. The van der Waals surface area contributed by atoms with Gasteiger partial charge in [0, 0.05) is 79.8 Å². The van der Waals surface area contributed by atoms with Crippen LogP contribution in [0, 0.1) is 69.2 Å². The zero-order valence-electron chi connectivity index (χ0n) is 57.3. The molecule has 0 spiro atoms. The van der Waals surface area contributed by atoms with Gasteiger partial charge in [-0.15, -0.1) is 0 Å². The van der Waals surface area contributed by atoms with Crippen LogP contribution in [-0.2, 0) is 57.5 Å². The van der Waals surface area contributed by atoms with E-state index in [1.807, 2.05) is 154 Å². The van der Waals surface area contributed by atoms with E-state index in [4.69, 9.17) is 35.7 Å². The summed E-state index contributed by atoms with van der Waals surface area (Å²) in [5, 5.41) is 75.6. The normalized spacial score (nSPS) is 9.88. The number of carbonyl (C=O) groups excluding carboxylic acids is 6. The van der Waals surface area contributed by atoms with Crippen LogP contribution in [0.15, 0.2) is 115 Å². The summed E-state index contributed by atoms with van der Waals surface area (Å²) in [6.45, 7) is 19.4. The molecule has 0 unspecified atom stereocenters. The second-order valence-electron chi connectivity index (χ2n) is 22.6. The van der Waals surface area contributed by atoms with Crippen molar-refractivity contribution in [2.75, 3.05) is 31.9 Å². The third-order valence-electron chi connectivity index (χ3n) is 14.0. The van der Waals surface area contributed by atoms with E-state index >= 15 is 0 Å². The molecule has 0 heterocycles. The van der Waals surface area contributed by atoms with Crippen molar-refractivity contribution < 1.29 is 98.1 Å². The lowest BCUT2D eigenvalue weighted by Crippen LogP contribution is -2.15. The number of carboxylic acids is 7. The number of anilines is 6. The van der Waals surface area contributed by atoms with Crippen LogP contribution in [0.1, 0.15) is 156 Å². The van der Waals surface area contributed by atoms with Gasteiger partial charge in [-0.1, -0.05) is 90.5 Å². The van der Waals surface area contributed by atoms with Crippen LogP contribution in [0.2, 0.25) is 0 Å². The molecule has 532 valence electrons. The molecular formula is C73H90N6O20. The number of benzene rings is 6. The molecule has 0 radical (unpaired) electrons. The number of amides is 6. The van der Waals surface area contributed by atoms with Gasteiger partial charge in [-0.3, -0.25) is 57.5 Å². The van der Waals surface area contributed by atoms with Gasteiger partial charge < -0.3 is 67.6 Å². The quantitative estimate of drug-likeness (QED) is 0.0228. The van der Waals surface area contributed by atoms with Crippen LogP contribution in [0.4, 0.5) is 34.1 Å². The van der Waals surface area contributed by atoms with E-state index in [1.54, 1.807) is 12.1 Å². The number of aliphatic carboxylic acids is 6. The number of aryl methyl sites for hydroxylation is 10. The molecule has 0 fully saturated rings. The van der Waals surface area contributed by atoms with E-state index in [0.717, 1.165) is 78.5 Å². The number of nitrogens with one attached hydrogen (secondary N) is 6. The van der Waals surface area contributed by atoms with E-state index in [1.165, 1.54) is 23.8 Å². The van der Waals surface area contributed by atoms with Crippen molar-refractivity contribution in [3.8, 4) is 0 Å². The molecule has 6 amide bonds. The molecule has 13 N–H and O–H groups in total. The molecule has 6 aromatic carbocycles. The van der Waals surface area contributed by atoms with Crippen LogP contribution in [0.25, 0.3) is 0 Å². The Balaban J connectivity index is 0.000000594. The number of carbonyl (C=O) groups is 13. The molecule has 99 heavy (non-hydrogen) atoms. The van der Waals surface area contributed by atoms with Gasteiger partial charge in [-0.05, 0) is 162 Å². The van der Waals surface area contributed by atoms with E-state index in [2.05, 4.69) is 31.9 Å². The summed E-state index contributed by atoms with van der Waals surface area (Å²) < 4.78 is 0. The van der Waals surface area contributed by atoms with Gasteiger partial charge in [0.25, 0.3) is 0 Å². The standard InChI is InChI=1S/3C13H17NO3.C12H15NO3.C11H11NO5.C11H13NO3/c1-8-6-10(3)11(7-9(8)2)14-12(15)4-5-13(16)17;1-9-5-3-6-10(2)13(9)14-11(15)7-4-8-12(16)17;1-9-6-7-11(10(2)8-9)14-12(15)4-3-5-13(16)17;1-8-4-3-5-9(2)12(8)13-10(14)6-7-11(15)16;13-9(5-6-10(14)15)12-8-4-2-1-3-7(8)11(16)17;1-8-4-2-3-5-9(8)12-10(13)6-7-11(14)15/h6-7H,4-5H2,1-3H3,(H,14,15)(H,16,17);3,5-6H,4,7-8H2,1-2H3,(H,14,15)(H,16,17);6-8H,3-5H2,1-2H3,(H,14,15)(H,16,17);3-5H,6-7H2,1-2H3,(H,13,14)(H,15,16);1-4H,5-6H2,(H,12,13)(H,14,15)(H,16,17);2-5H,6-7H2,1H3,(H,12,13)(H,14,15). The first-order chi connectivity index (χ1) is 46.5. The topological polar surface area (TPSA) is 436 Å². The highest BCUT2D eigenvalue weighted by molar-refractivity contribution is 6.01. The third-order valence-corrected chi connectivity index (χ3v) is 14.0. The number of hydrogen-bond donors (Lipinski definition) is 13. The Morgan fingerprint density at radius 3 is 0.939 bits per heavy atom. The Labute approximate surface area is 574 Å². The fourth-order valence-electron chi connectivity index (χ4n) is 8.50. The smallest absolute Gasteiger partial charge is 0.337 e. The van der Waals surface area contributed by atoms with Crippen LogP contribution in [-0.4, -0.2) is 113 Å². The molecule has 0 aliphatic carbocycles. The van der Waals surface area contributed by atoms with E-state index in [9.17, 15) is 62.3 Å². The van der Waals surface area contributed by atoms with Crippen molar-refractivity contribution in [1.82, 2.24) is 0 Å². The fraction of sp³-hybridized carbons (Fsp3) is 0.329. The SMILES string of the molecule is Cc1cc(C)c(NC(=O)CCC(=O)O)cc1C.Cc1ccc(NC(=O)CCCC(=O)O)c(C)c1.Cc1cccc(C)c1NC(=O)CCC(=O)O.Cc1cccc(C)c1NC(=O)CCCC(=O)O.Cc1ccccc1NC(=O)CCC(=O)O.O=C(O)CCC(=O)Nc1ccccc1C(=O)O. The molecule has 0 atom stereocenters. The molecule has 6 rings (SSSR count). The van der Waals surface area contributed by atoms with E-state index in [0.29, 0.717) is 12.8 Å². The second kappa shape index (κ2) is 45.7. The summed E-state index contributed by atoms with van der Waals surface area (Å²) in [6.07, 6.45) is 0.362. The second-order valence-corrected chi connectivity index (χ2v) is 22.6. The lowest BCUT2D eigenvalue weighted by Gasteiger charge is -2.11. The van der Waals surface area contributed by atoms with Gasteiger partial charge in [0.05, 0.1) is 36.9 Å². The summed E-state index contributed by atoms with van der Waals surface area (Å²) in [5.74, 6) is -8.46. The maximum atomic E-state index is 11.6. The first-order valence-electron chi connectivity index (χ1n) is 31.2. The Kier molecular flexibility index (Phi) is 39.5. The van der Waals surface area contributed by atoms with Crippen LogP contribution < -0.4 is 31.9 Å². The molecule has 26 heteroatoms. The summed E-state index contributed by atoms with van der Waals surface area (Å²) in [7, 11) is 0. The highest BCUT2D eigenvalue weighted by atomic mass is 16.4. The molecule has 0 bridgehead atoms. The highest BCUT2D eigenvalue weighted by Crippen LogP contribution is 2.24. The number of rotatable bonds is 27. The zero-order chi connectivity index (χ0) is 74.9. The number of hydrogen-bond acceptors (Lipinski definition) is 13. The Bertz CT molecular complexity index is 3770. The highest BCUT2D eigenvalue weighted by Gasteiger charge is 2.15. The third kappa shape index (κ3) is 37.9. The summed E-state index contributed by atoms with van der Waals surface area (Å²) in [5.41, 5.74) is 14.3. The molecule has 0 saturated heterocycles. The monoisotopic (exact) mass is 1370 g/mol. The number of aromatic carboxylic acids is 1. The lowest BCUT2D eigenvalue weighted by molar-refractivity contribution is -0.138. The van der Waals surface area contributed by atoms with Crippen LogP contribution in [0.5, 0.6) is 0 Å². The summed E-state index contributed by atoms with van der Waals surface area (Å²) in [4.78, 5) is 141. The van der Waals surface area contributed by atoms with Gasteiger partial charge in [0.15, 0.2) is 0 Å². The maximum absolute atomic E-state index is 11.6. The number of para-hydroxylation sites is 4. The van der Waals surface area contributed by atoms with Crippen LogP contribution in [0.3, 0.4) is 0 Å². The Morgan fingerprint density at radius 2 is 0.556 bits per heavy atom. The van der Waals surface area contributed by atoms with Crippen molar-refractivity contribution in [2.24, 2.45) is 0 Å². The van der Waals surface area contributed by atoms with Crippen molar-refractivity contribution in [1.29, 1.82) is 0 Å². The van der Waals surface area contributed by atoms with Crippen molar-refractivity contribution in [2.45, 2.75) is 159 Å². The van der Waals surface area contributed by atoms with E-state index < -0.39 is 47.7 Å². The Morgan fingerprint density at radius 1 is 0.253 bits per heavy atom. The molecule has 0 aliphatic rings. The molecular weight excluding hydrogens is 1280 g/mol. The van der Waals surface area contributed by atoms with E-state index in [-0.39, 0.29) is 118 Å². The van der Waals surface area contributed by atoms with Gasteiger partial charge in [-0.2, -0.15) is 0 Å². The van der Waals surface area contributed by atoms with Crippen molar-refractivity contribution in [3.05, 3.63) is 176 Å². The van der Waals surface area contributed by atoms with Crippen molar-refractivity contribution in [3.63, 3.8) is 0 Å². The zero-order valence-corrected chi connectivity index (χ0v) is 57.3. The Hall–Kier alpha value is -11.6. The molecule has 0 aliphatic heterocycles. The summed E-state index contributed by atoms with van der Waals surface area (Å²) in [6, 6.07) is 34.5. The minimum Gasteiger partial charge on any atom is -0.481 e. The summed E-state index contributed by atoms with van der Waals surface area (Å²) >= 11 is 0. The minimum atomic E-state index is -1.15.